The van der Waals surface area contributed by atoms with Gasteiger partial charge in [-0.3, -0.25) is 4.79 Å². The van der Waals surface area contributed by atoms with Gasteiger partial charge in [0.15, 0.2) is 11.5 Å². The van der Waals surface area contributed by atoms with Gasteiger partial charge in [0, 0.05) is 28.4 Å². The molecule has 1 heterocycles. The summed E-state index contributed by atoms with van der Waals surface area (Å²) in [6.45, 7) is 0. The topological polar surface area (TPSA) is 85.4 Å². The maximum atomic E-state index is 12.4. The summed E-state index contributed by atoms with van der Waals surface area (Å²) in [6.07, 6.45) is 1.48. The van der Waals surface area contributed by atoms with E-state index in [0.717, 1.165) is 22.3 Å². The minimum absolute atomic E-state index is 0.169. The SMILES string of the molecule is COc1cc2ncnc(Nc3ccc(C(=O)Nc4ccccc4)cc3)c2cc1OC. The first-order valence-corrected chi connectivity index (χ1v) is 9.28. The lowest BCUT2D eigenvalue weighted by Crippen LogP contribution is -2.11. The number of nitrogens with zero attached hydrogens (tertiary/aromatic N) is 2. The van der Waals surface area contributed by atoms with Crippen LogP contribution in [0.4, 0.5) is 17.2 Å². The molecular formula is C23H20N4O3. The highest BCUT2D eigenvalue weighted by Crippen LogP contribution is 2.34. The molecule has 0 radical (unpaired) electrons. The number of methoxy groups -OCH3 is 2. The van der Waals surface area contributed by atoms with E-state index in [4.69, 9.17) is 9.47 Å². The van der Waals surface area contributed by atoms with E-state index in [1.165, 1.54) is 6.33 Å². The highest BCUT2D eigenvalue weighted by atomic mass is 16.5. The number of amides is 1. The molecule has 0 bridgehead atoms. The van der Waals surface area contributed by atoms with Crippen LogP contribution in [0.2, 0.25) is 0 Å². The number of hydrogen-bond acceptors (Lipinski definition) is 6. The van der Waals surface area contributed by atoms with Crippen LogP contribution in [0.25, 0.3) is 10.9 Å². The van der Waals surface area contributed by atoms with Gasteiger partial charge in [-0.25, -0.2) is 9.97 Å². The summed E-state index contributed by atoms with van der Waals surface area (Å²) in [5.41, 5.74) is 2.83. The second kappa shape index (κ2) is 8.48. The van der Waals surface area contributed by atoms with Crippen molar-refractivity contribution in [2.45, 2.75) is 0 Å². The molecular weight excluding hydrogens is 380 g/mol. The first-order valence-electron chi connectivity index (χ1n) is 9.28. The summed E-state index contributed by atoms with van der Waals surface area (Å²) in [5, 5.41) is 6.93. The molecule has 0 aliphatic rings. The van der Waals surface area contributed by atoms with E-state index in [-0.39, 0.29) is 5.91 Å². The first kappa shape index (κ1) is 19.2. The van der Waals surface area contributed by atoms with Crippen LogP contribution in [-0.4, -0.2) is 30.1 Å². The molecule has 2 N–H and O–H groups in total. The molecule has 1 aromatic heterocycles. The molecule has 0 aliphatic carbocycles. The Kier molecular flexibility index (Phi) is 5.43. The number of carbonyl (C=O) groups is 1. The lowest BCUT2D eigenvalue weighted by molar-refractivity contribution is 0.102. The van der Waals surface area contributed by atoms with Crippen LogP contribution >= 0.6 is 0 Å². The number of nitrogens with one attached hydrogen (secondary N) is 2. The normalized spacial score (nSPS) is 10.5. The molecule has 0 unspecified atom stereocenters. The van der Waals surface area contributed by atoms with Crippen molar-refractivity contribution in [1.82, 2.24) is 9.97 Å². The number of aromatic nitrogens is 2. The van der Waals surface area contributed by atoms with Crippen LogP contribution in [0.5, 0.6) is 11.5 Å². The molecule has 0 saturated heterocycles. The fourth-order valence-electron chi connectivity index (χ4n) is 3.05. The third-order valence-corrected chi connectivity index (χ3v) is 4.58. The lowest BCUT2D eigenvalue weighted by Gasteiger charge is -2.12. The number of anilines is 3. The molecule has 0 saturated carbocycles. The van der Waals surface area contributed by atoms with Gasteiger partial charge in [0.25, 0.3) is 5.91 Å². The Labute approximate surface area is 173 Å². The summed E-state index contributed by atoms with van der Waals surface area (Å²) in [6, 6.07) is 20.1. The summed E-state index contributed by atoms with van der Waals surface area (Å²) in [4.78, 5) is 21.1. The van der Waals surface area contributed by atoms with Crippen LogP contribution in [0.1, 0.15) is 10.4 Å². The van der Waals surface area contributed by atoms with Crippen LogP contribution in [0, 0.1) is 0 Å². The molecule has 7 heteroatoms. The maximum Gasteiger partial charge on any atom is 0.255 e. The number of rotatable bonds is 6. The van der Waals surface area contributed by atoms with E-state index in [2.05, 4.69) is 20.6 Å². The quantitative estimate of drug-likeness (QED) is 0.490. The van der Waals surface area contributed by atoms with Gasteiger partial charge in [0.1, 0.15) is 12.1 Å². The van der Waals surface area contributed by atoms with Crippen molar-refractivity contribution in [3.05, 3.63) is 78.6 Å². The number of ether oxygens (including phenoxy) is 2. The van der Waals surface area contributed by atoms with E-state index in [1.54, 1.807) is 32.4 Å². The van der Waals surface area contributed by atoms with E-state index in [1.807, 2.05) is 48.5 Å². The second-order valence-corrected chi connectivity index (χ2v) is 6.47. The zero-order valence-electron chi connectivity index (χ0n) is 16.5. The number of carbonyl (C=O) groups excluding carboxylic acids is 1. The third-order valence-electron chi connectivity index (χ3n) is 4.58. The van der Waals surface area contributed by atoms with Gasteiger partial charge in [-0.1, -0.05) is 18.2 Å². The zero-order chi connectivity index (χ0) is 20.9. The minimum Gasteiger partial charge on any atom is -0.493 e. The summed E-state index contributed by atoms with van der Waals surface area (Å²) >= 11 is 0. The standard InChI is InChI=1S/C23H20N4O3/c1-29-20-12-18-19(13-21(20)30-2)24-14-25-22(18)26-17-10-8-15(9-11-17)23(28)27-16-6-4-3-5-7-16/h3-14H,1-2H3,(H,27,28)(H,24,25,26). The molecule has 0 spiro atoms. The highest BCUT2D eigenvalue weighted by Gasteiger charge is 2.12. The molecule has 150 valence electrons. The molecule has 3 aromatic carbocycles. The molecule has 7 nitrogen and oxygen atoms in total. The molecule has 30 heavy (non-hydrogen) atoms. The van der Waals surface area contributed by atoms with E-state index < -0.39 is 0 Å². The van der Waals surface area contributed by atoms with Crippen molar-refractivity contribution >= 4 is 34.0 Å². The molecule has 0 fully saturated rings. The molecule has 0 aliphatic heterocycles. The molecule has 4 aromatic rings. The average Bonchev–Trinajstić information content (AvgIpc) is 2.79. The van der Waals surface area contributed by atoms with Crippen molar-refractivity contribution < 1.29 is 14.3 Å². The molecule has 0 atom stereocenters. The van der Waals surface area contributed by atoms with Crippen molar-refractivity contribution in [1.29, 1.82) is 0 Å². The summed E-state index contributed by atoms with van der Waals surface area (Å²) in [5.74, 6) is 1.65. The Morgan fingerprint density at radius 3 is 2.23 bits per heavy atom. The predicted octanol–water partition coefficient (Wildman–Crippen LogP) is 4.64. The number of fused-ring (bicyclic) bond motifs is 1. The number of benzene rings is 3. The van der Waals surface area contributed by atoms with E-state index in [9.17, 15) is 4.79 Å². The minimum atomic E-state index is -0.169. The predicted molar refractivity (Wildman–Crippen MR) is 117 cm³/mol. The van der Waals surface area contributed by atoms with Gasteiger partial charge in [-0.2, -0.15) is 0 Å². The van der Waals surface area contributed by atoms with Crippen molar-refractivity contribution in [3.8, 4) is 11.5 Å². The monoisotopic (exact) mass is 400 g/mol. The zero-order valence-corrected chi connectivity index (χ0v) is 16.5. The van der Waals surface area contributed by atoms with Gasteiger partial charge in [0.05, 0.1) is 19.7 Å². The van der Waals surface area contributed by atoms with Gasteiger partial charge < -0.3 is 20.1 Å². The third kappa shape index (κ3) is 4.00. The highest BCUT2D eigenvalue weighted by molar-refractivity contribution is 6.04. The molecule has 4 rings (SSSR count). The van der Waals surface area contributed by atoms with Gasteiger partial charge in [-0.15, -0.1) is 0 Å². The van der Waals surface area contributed by atoms with Gasteiger partial charge in [-0.05, 0) is 42.5 Å². The fourth-order valence-corrected chi connectivity index (χ4v) is 3.05. The van der Waals surface area contributed by atoms with Crippen LogP contribution in [-0.2, 0) is 0 Å². The van der Waals surface area contributed by atoms with Crippen molar-refractivity contribution in [2.24, 2.45) is 0 Å². The largest absolute Gasteiger partial charge is 0.493 e. The Morgan fingerprint density at radius 1 is 0.833 bits per heavy atom. The van der Waals surface area contributed by atoms with E-state index in [0.29, 0.717) is 22.9 Å². The Balaban J connectivity index is 1.56. The summed E-state index contributed by atoms with van der Waals surface area (Å²) < 4.78 is 10.7. The van der Waals surface area contributed by atoms with Gasteiger partial charge in [0.2, 0.25) is 0 Å². The van der Waals surface area contributed by atoms with E-state index >= 15 is 0 Å². The van der Waals surface area contributed by atoms with Crippen molar-refractivity contribution in [2.75, 3.05) is 24.9 Å². The lowest BCUT2D eigenvalue weighted by atomic mass is 10.1. The van der Waals surface area contributed by atoms with Crippen LogP contribution in [0.3, 0.4) is 0 Å². The van der Waals surface area contributed by atoms with Crippen molar-refractivity contribution in [3.63, 3.8) is 0 Å². The smallest absolute Gasteiger partial charge is 0.255 e. The Bertz CT molecular complexity index is 1180. The van der Waals surface area contributed by atoms with Gasteiger partial charge >= 0.3 is 0 Å². The number of hydrogen-bond donors (Lipinski definition) is 2. The van der Waals surface area contributed by atoms with Crippen LogP contribution in [0.15, 0.2) is 73.1 Å². The Morgan fingerprint density at radius 2 is 1.53 bits per heavy atom. The fraction of sp³-hybridized carbons (Fsp3) is 0.0870. The molecule has 1 amide bonds. The second-order valence-electron chi connectivity index (χ2n) is 6.47. The first-order chi connectivity index (χ1) is 14.7. The Hall–Kier alpha value is -4.13. The maximum absolute atomic E-state index is 12.4. The summed E-state index contributed by atoms with van der Waals surface area (Å²) in [7, 11) is 3.17. The van der Waals surface area contributed by atoms with Crippen LogP contribution < -0.4 is 20.1 Å². The number of para-hydroxylation sites is 1. The average molecular weight is 400 g/mol.